The third-order valence-corrected chi connectivity index (χ3v) is 4.39. The zero-order valence-electron chi connectivity index (χ0n) is 10.3. The van der Waals surface area contributed by atoms with Crippen molar-refractivity contribution >= 4 is 22.9 Å². The van der Waals surface area contributed by atoms with Gasteiger partial charge in [0.15, 0.2) is 0 Å². The summed E-state index contributed by atoms with van der Waals surface area (Å²) >= 11 is 7.38. The van der Waals surface area contributed by atoms with Crippen LogP contribution >= 0.6 is 22.9 Å². The largest absolute Gasteiger partial charge is 0.312 e. The molecule has 0 amide bonds. The molecule has 4 heteroatoms. The minimum Gasteiger partial charge on any atom is -0.312 e. The van der Waals surface area contributed by atoms with Crippen LogP contribution in [0, 0.1) is 5.82 Å². The van der Waals surface area contributed by atoms with Crippen molar-refractivity contribution in [3.8, 4) is 10.4 Å². The van der Waals surface area contributed by atoms with E-state index >= 15 is 0 Å². The number of benzene rings is 1. The van der Waals surface area contributed by atoms with Crippen LogP contribution in [0.4, 0.5) is 4.39 Å². The molecule has 0 aliphatic carbocycles. The number of nitrogens with one attached hydrogen (secondary N) is 1. The van der Waals surface area contributed by atoms with Crippen LogP contribution in [0.3, 0.4) is 0 Å². The fourth-order valence-corrected chi connectivity index (χ4v) is 3.31. The van der Waals surface area contributed by atoms with Crippen LogP contribution in [-0.2, 0) is 0 Å². The van der Waals surface area contributed by atoms with Crippen LogP contribution in [0.15, 0.2) is 30.3 Å². The summed E-state index contributed by atoms with van der Waals surface area (Å²) in [5.41, 5.74) is 0.613. The second kappa shape index (κ2) is 5.83. The molecule has 0 bridgehead atoms. The summed E-state index contributed by atoms with van der Waals surface area (Å²) in [6.07, 6.45) is 1.01. The van der Waals surface area contributed by atoms with Gasteiger partial charge in [-0.2, -0.15) is 0 Å². The topological polar surface area (TPSA) is 12.0 Å². The van der Waals surface area contributed by atoms with Crippen molar-refractivity contribution in [1.82, 2.24) is 5.32 Å². The maximum atomic E-state index is 13.8. The number of hydrogen-bond donors (Lipinski definition) is 1. The minimum absolute atomic E-state index is 0.270. The zero-order chi connectivity index (χ0) is 13.1. The fraction of sp³-hybridized carbons (Fsp3) is 0.286. The third kappa shape index (κ3) is 2.74. The Bertz CT molecular complexity index is 534. The first-order valence-corrected chi connectivity index (χ1v) is 7.07. The molecule has 1 nitrogen and oxygen atoms in total. The Morgan fingerprint density at radius 3 is 2.72 bits per heavy atom. The molecule has 0 spiro atoms. The molecule has 18 heavy (non-hydrogen) atoms. The predicted octanol–water partition coefficient (Wildman–Crippen LogP) is 4.88. The first kappa shape index (κ1) is 13.5. The Labute approximate surface area is 116 Å². The van der Waals surface area contributed by atoms with Gasteiger partial charge in [0.05, 0.1) is 0 Å². The van der Waals surface area contributed by atoms with Crippen molar-refractivity contribution in [3.05, 3.63) is 46.0 Å². The van der Waals surface area contributed by atoms with Crippen LogP contribution in [0.1, 0.15) is 24.3 Å². The maximum Gasteiger partial charge on any atom is 0.133 e. The lowest BCUT2D eigenvalue weighted by Gasteiger charge is -2.10. The second-order valence-corrected chi connectivity index (χ2v) is 5.63. The van der Waals surface area contributed by atoms with E-state index in [0.717, 1.165) is 11.3 Å². The van der Waals surface area contributed by atoms with Crippen LogP contribution in [0.25, 0.3) is 10.4 Å². The quantitative estimate of drug-likeness (QED) is 0.843. The Morgan fingerprint density at radius 2 is 2.11 bits per heavy atom. The fourth-order valence-electron chi connectivity index (χ4n) is 1.92. The highest BCUT2D eigenvalue weighted by Gasteiger charge is 2.12. The van der Waals surface area contributed by atoms with E-state index in [1.54, 1.807) is 23.5 Å². The van der Waals surface area contributed by atoms with Crippen LogP contribution < -0.4 is 5.32 Å². The number of halogens is 2. The van der Waals surface area contributed by atoms with Gasteiger partial charge in [0.1, 0.15) is 5.82 Å². The predicted molar refractivity (Wildman–Crippen MR) is 76.8 cm³/mol. The van der Waals surface area contributed by atoms with Gasteiger partial charge in [0.25, 0.3) is 0 Å². The Hall–Kier alpha value is -0.900. The molecule has 0 saturated carbocycles. The Morgan fingerprint density at radius 1 is 1.33 bits per heavy atom. The van der Waals surface area contributed by atoms with E-state index in [-0.39, 0.29) is 5.82 Å². The Balaban J connectivity index is 2.34. The highest BCUT2D eigenvalue weighted by atomic mass is 35.5. The Kier molecular flexibility index (Phi) is 4.38. The molecule has 1 unspecified atom stereocenters. The molecule has 0 saturated heterocycles. The smallest absolute Gasteiger partial charge is 0.133 e. The summed E-state index contributed by atoms with van der Waals surface area (Å²) in [6, 6.07) is 9.15. The van der Waals surface area contributed by atoms with Crippen LogP contribution in [0.2, 0.25) is 5.02 Å². The molecule has 1 aromatic heterocycles. The molecule has 1 N–H and O–H groups in total. The van der Waals surface area contributed by atoms with Crippen molar-refractivity contribution in [2.24, 2.45) is 0 Å². The van der Waals surface area contributed by atoms with Gasteiger partial charge in [-0.25, -0.2) is 4.39 Å². The lowest BCUT2D eigenvalue weighted by Crippen LogP contribution is -2.13. The molecule has 0 fully saturated rings. The summed E-state index contributed by atoms with van der Waals surface area (Å²) in [5.74, 6) is -0.270. The van der Waals surface area contributed by atoms with Crippen molar-refractivity contribution in [2.45, 2.75) is 19.4 Å². The number of hydrogen-bond acceptors (Lipinski definition) is 2. The lowest BCUT2D eigenvalue weighted by molar-refractivity contribution is 0.586. The molecule has 96 valence electrons. The maximum absolute atomic E-state index is 13.8. The number of rotatable bonds is 4. The SMILES string of the molecule is CCC(NC)c1ccc(-c2ccc(Cl)cc2F)s1. The first-order valence-electron chi connectivity index (χ1n) is 5.88. The van der Waals surface area contributed by atoms with Gasteiger partial charge in [0, 0.05) is 26.4 Å². The average molecular weight is 284 g/mol. The molecule has 1 atom stereocenters. The van der Waals surface area contributed by atoms with Gasteiger partial charge in [-0.15, -0.1) is 11.3 Å². The highest BCUT2D eigenvalue weighted by molar-refractivity contribution is 7.15. The minimum atomic E-state index is -0.270. The molecule has 1 aromatic carbocycles. The normalized spacial score (nSPS) is 12.7. The zero-order valence-corrected chi connectivity index (χ0v) is 11.9. The van der Waals surface area contributed by atoms with Crippen molar-refractivity contribution < 1.29 is 4.39 Å². The van der Waals surface area contributed by atoms with Gasteiger partial charge >= 0.3 is 0 Å². The molecule has 0 aliphatic heterocycles. The summed E-state index contributed by atoms with van der Waals surface area (Å²) in [6.45, 7) is 2.13. The van der Waals surface area contributed by atoms with Gasteiger partial charge in [-0.3, -0.25) is 0 Å². The van der Waals surface area contributed by atoms with Gasteiger partial charge in [-0.05, 0) is 43.8 Å². The first-order chi connectivity index (χ1) is 8.65. The summed E-state index contributed by atoms with van der Waals surface area (Å²) < 4.78 is 13.8. The van der Waals surface area contributed by atoms with Crippen molar-refractivity contribution in [1.29, 1.82) is 0 Å². The summed E-state index contributed by atoms with van der Waals surface area (Å²) in [7, 11) is 1.94. The molecule has 0 radical (unpaired) electrons. The molecule has 0 aliphatic rings. The van der Waals surface area contributed by atoms with Crippen molar-refractivity contribution in [3.63, 3.8) is 0 Å². The van der Waals surface area contributed by atoms with E-state index in [0.29, 0.717) is 16.6 Å². The highest BCUT2D eigenvalue weighted by Crippen LogP contribution is 2.34. The summed E-state index contributed by atoms with van der Waals surface area (Å²) in [5, 5.41) is 3.68. The van der Waals surface area contributed by atoms with Crippen LogP contribution in [-0.4, -0.2) is 7.05 Å². The van der Waals surface area contributed by atoms with E-state index in [4.69, 9.17) is 11.6 Å². The molecular weight excluding hydrogens is 269 g/mol. The lowest BCUT2D eigenvalue weighted by atomic mass is 10.1. The van der Waals surface area contributed by atoms with Crippen LogP contribution in [0.5, 0.6) is 0 Å². The second-order valence-electron chi connectivity index (χ2n) is 4.08. The molecule has 2 aromatic rings. The monoisotopic (exact) mass is 283 g/mol. The third-order valence-electron chi connectivity index (χ3n) is 2.92. The van der Waals surface area contributed by atoms with E-state index < -0.39 is 0 Å². The van der Waals surface area contributed by atoms with E-state index in [9.17, 15) is 4.39 Å². The molecule has 2 rings (SSSR count). The standard InChI is InChI=1S/C14H15ClFNS/c1-3-12(17-2)14-7-6-13(18-14)10-5-4-9(15)8-11(10)16/h4-8,12,17H,3H2,1-2H3. The molecule has 1 heterocycles. The molecular formula is C14H15ClFNS. The average Bonchev–Trinajstić information content (AvgIpc) is 2.80. The van der Waals surface area contributed by atoms with Gasteiger partial charge in [-0.1, -0.05) is 18.5 Å². The van der Waals surface area contributed by atoms with Gasteiger partial charge in [0.2, 0.25) is 0 Å². The van der Waals surface area contributed by atoms with E-state index in [2.05, 4.69) is 18.3 Å². The van der Waals surface area contributed by atoms with E-state index in [1.165, 1.54) is 10.9 Å². The van der Waals surface area contributed by atoms with Gasteiger partial charge < -0.3 is 5.32 Å². The number of thiophene rings is 1. The summed E-state index contributed by atoms with van der Waals surface area (Å²) in [4.78, 5) is 2.16. The van der Waals surface area contributed by atoms with Crippen molar-refractivity contribution in [2.75, 3.05) is 7.05 Å². The van der Waals surface area contributed by atoms with E-state index in [1.807, 2.05) is 13.1 Å².